The van der Waals surface area contributed by atoms with Crippen LogP contribution in [0.15, 0.2) is 5.16 Å². The minimum absolute atomic E-state index is 0.0461. The van der Waals surface area contributed by atoms with E-state index in [9.17, 15) is 9.59 Å². The SMILES string of the molecule is COCNC(=O)[C@@H](N)CCON=C(N)N(C=O)OC(C)(C)C. The Kier molecular flexibility index (Phi) is 9.06. The molecular weight excluding hydrogens is 294 g/mol. The number of carbonyl (C=O) groups is 2. The van der Waals surface area contributed by atoms with Crippen LogP contribution in [0, 0.1) is 0 Å². The number of hydrogen-bond donors (Lipinski definition) is 3. The Bertz CT molecular complexity index is 383. The van der Waals surface area contributed by atoms with Gasteiger partial charge in [-0.3, -0.25) is 14.4 Å². The molecule has 0 aromatic carbocycles. The standard InChI is InChI=1S/C12H25N5O5/c1-12(2,3)22-17(8-18)11(14)16-21-6-5-9(13)10(19)15-7-20-4/h8-9H,5-7,13H2,1-4H3,(H2,14,16)(H,15,19)/t9-/m0/s1. The van der Waals surface area contributed by atoms with Crippen LogP contribution in [0.3, 0.4) is 0 Å². The molecule has 0 heterocycles. The normalized spacial score (nSPS) is 13.4. The first-order chi connectivity index (χ1) is 10.2. The Morgan fingerprint density at radius 1 is 1.45 bits per heavy atom. The van der Waals surface area contributed by atoms with Crippen molar-refractivity contribution < 1.29 is 24.0 Å². The molecule has 0 saturated heterocycles. The van der Waals surface area contributed by atoms with Gasteiger partial charge in [0.25, 0.3) is 5.96 Å². The van der Waals surface area contributed by atoms with Crippen molar-refractivity contribution in [2.24, 2.45) is 16.6 Å². The fourth-order valence-electron chi connectivity index (χ4n) is 1.15. The number of amides is 2. The van der Waals surface area contributed by atoms with Crippen molar-refractivity contribution in [3.05, 3.63) is 0 Å². The van der Waals surface area contributed by atoms with E-state index in [-0.39, 0.29) is 31.6 Å². The van der Waals surface area contributed by atoms with Crippen LogP contribution in [0.1, 0.15) is 27.2 Å². The van der Waals surface area contributed by atoms with Gasteiger partial charge in [0, 0.05) is 13.5 Å². The number of methoxy groups -OCH3 is 1. The zero-order valence-corrected chi connectivity index (χ0v) is 13.4. The van der Waals surface area contributed by atoms with Crippen LogP contribution in [0.5, 0.6) is 0 Å². The van der Waals surface area contributed by atoms with Crippen LogP contribution >= 0.6 is 0 Å². The summed E-state index contributed by atoms with van der Waals surface area (Å²) in [5.74, 6) is -0.629. The van der Waals surface area contributed by atoms with Gasteiger partial charge in [-0.2, -0.15) is 5.06 Å². The number of nitrogens with zero attached hydrogens (tertiary/aromatic N) is 2. The van der Waals surface area contributed by atoms with Crippen molar-refractivity contribution in [2.45, 2.75) is 38.8 Å². The average Bonchev–Trinajstić information content (AvgIpc) is 2.45. The smallest absolute Gasteiger partial charge is 0.264 e. The highest BCUT2D eigenvalue weighted by Gasteiger charge is 2.19. The highest BCUT2D eigenvalue weighted by Crippen LogP contribution is 2.08. The van der Waals surface area contributed by atoms with E-state index in [4.69, 9.17) is 21.1 Å². The third-order valence-corrected chi connectivity index (χ3v) is 2.10. The fraction of sp³-hybridized carbons (Fsp3) is 0.750. The van der Waals surface area contributed by atoms with Crippen LogP contribution in [-0.2, 0) is 24.0 Å². The molecule has 0 unspecified atom stereocenters. The summed E-state index contributed by atoms with van der Waals surface area (Å²) in [6.45, 7) is 5.36. The minimum atomic E-state index is -0.764. The molecule has 0 aliphatic carbocycles. The van der Waals surface area contributed by atoms with E-state index in [2.05, 4.69) is 15.2 Å². The number of guanidine groups is 1. The molecule has 0 saturated carbocycles. The summed E-state index contributed by atoms with van der Waals surface area (Å²) in [7, 11) is 1.45. The first-order valence-electron chi connectivity index (χ1n) is 6.62. The van der Waals surface area contributed by atoms with Crippen LogP contribution in [0.4, 0.5) is 0 Å². The fourth-order valence-corrected chi connectivity index (χ4v) is 1.15. The number of hydrogen-bond acceptors (Lipinski definition) is 7. The maximum absolute atomic E-state index is 11.4. The number of ether oxygens (including phenoxy) is 1. The number of oxime groups is 1. The Hall–Kier alpha value is -1.91. The Balaban J connectivity index is 4.19. The van der Waals surface area contributed by atoms with Crippen molar-refractivity contribution in [2.75, 3.05) is 20.4 Å². The lowest BCUT2D eigenvalue weighted by Gasteiger charge is -2.25. The van der Waals surface area contributed by atoms with Gasteiger partial charge in [-0.25, -0.2) is 0 Å². The number of hydroxylamine groups is 2. The van der Waals surface area contributed by atoms with Gasteiger partial charge in [0.2, 0.25) is 12.3 Å². The first kappa shape index (κ1) is 20.1. The monoisotopic (exact) mass is 319 g/mol. The van der Waals surface area contributed by atoms with E-state index in [1.807, 2.05) is 0 Å². The third-order valence-electron chi connectivity index (χ3n) is 2.10. The number of carbonyl (C=O) groups excluding carboxylic acids is 2. The maximum atomic E-state index is 11.4. The molecule has 0 aromatic rings. The lowest BCUT2D eigenvalue weighted by Crippen LogP contribution is -2.42. The minimum Gasteiger partial charge on any atom is -0.393 e. The average molecular weight is 319 g/mol. The summed E-state index contributed by atoms with van der Waals surface area (Å²) in [5, 5.41) is 6.74. The molecule has 0 aromatic heterocycles. The van der Waals surface area contributed by atoms with Crippen LogP contribution < -0.4 is 16.8 Å². The van der Waals surface area contributed by atoms with Crippen LogP contribution in [0.2, 0.25) is 0 Å². The van der Waals surface area contributed by atoms with Crippen molar-refractivity contribution in [3.63, 3.8) is 0 Å². The molecule has 128 valence electrons. The van der Waals surface area contributed by atoms with E-state index >= 15 is 0 Å². The Morgan fingerprint density at radius 2 is 2.09 bits per heavy atom. The second-order valence-corrected chi connectivity index (χ2v) is 5.29. The van der Waals surface area contributed by atoms with Crippen LogP contribution in [-0.4, -0.2) is 55.4 Å². The molecule has 0 rings (SSSR count). The Morgan fingerprint density at radius 3 is 2.59 bits per heavy atom. The van der Waals surface area contributed by atoms with E-state index in [0.29, 0.717) is 6.41 Å². The molecule has 5 N–H and O–H groups in total. The Labute approximate surface area is 129 Å². The molecule has 2 amide bonds. The zero-order valence-electron chi connectivity index (χ0n) is 13.4. The molecule has 0 aliphatic heterocycles. The van der Waals surface area contributed by atoms with Gasteiger partial charge in [-0.15, -0.1) is 0 Å². The molecule has 0 fully saturated rings. The predicted molar refractivity (Wildman–Crippen MR) is 78.9 cm³/mol. The lowest BCUT2D eigenvalue weighted by atomic mass is 10.2. The highest BCUT2D eigenvalue weighted by molar-refractivity contribution is 5.85. The largest absolute Gasteiger partial charge is 0.393 e. The molecule has 0 spiro atoms. The lowest BCUT2D eigenvalue weighted by molar-refractivity contribution is -0.185. The van der Waals surface area contributed by atoms with Gasteiger partial charge in [0.05, 0.1) is 11.6 Å². The number of nitrogens with two attached hydrogens (primary N) is 2. The molecule has 0 aliphatic rings. The summed E-state index contributed by atoms with van der Waals surface area (Å²) in [6.07, 6.45) is 0.588. The van der Waals surface area contributed by atoms with E-state index < -0.39 is 11.6 Å². The van der Waals surface area contributed by atoms with Crippen LogP contribution in [0.25, 0.3) is 0 Å². The second-order valence-electron chi connectivity index (χ2n) is 5.29. The summed E-state index contributed by atoms with van der Waals surface area (Å²) in [5.41, 5.74) is 10.5. The third kappa shape index (κ3) is 9.10. The summed E-state index contributed by atoms with van der Waals surface area (Å²) in [4.78, 5) is 32.4. The van der Waals surface area contributed by atoms with Crippen molar-refractivity contribution in [1.29, 1.82) is 0 Å². The second kappa shape index (κ2) is 9.92. The van der Waals surface area contributed by atoms with Gasteiger partial charge in [-0.1, -0.05) is 0 Å². The summed E-state index contributed by atoms with van der Waals surface area (Å²) < 4.78 is 4.69. The van der Waals surface area contributed by atoms with Gasteiger partial charge in [0.15, 0.2) is 0 Å². The topological polar surface area (TPSA) is 141 Å². The molecule has 1 atom stereocenters. The summed E-state index contributed by atoms with van der Waals surface area (Å²) >= 11 is 0. The van der Waals surface area contributed by atoms with Crippen molar-refractivity contribution >= 4 is 18.3 Å². The zero-order chi connectivity index (χ0) is 17.2. The van der Waals surface area contributed by atoms with Crippen molar-refractivity contribution in [1.82, 2.24) is 10.4 Å². The molecular formula is C12H25N5O5. The molecule has 0 bridgehead atoms. The summed E-state index contributed by atoms with van der Waals surface area (Å²) in [6, 6.07) is -0.764. The molecule has 22 heavy (non-hydrogen) atoms. The van der Waals surface area contributed by atoms with Gasteiger partial charge < -0.3 is 26.4 Å². The van der Waals surface area contributed by atoms with Gasteiger partial charge in [-0.05, 0) is 25.9 Å². The number of nitrogens with one attached hydrogen (secondary N) is 1. The van der Waals surface area contributed by atoms with E-state index in [1.54, 1.807) is 20.8 Å². The van der Waals surface area contributed by atoms with E-state index in [0.717, 1.165) is 5.06 Å². The predicted octanol–water partition coefficient (Wildman–Crippen LogP) is -1.14. The molecule has 10 nitrogen and oxygen atoms in total. The molecule has 0 radical (unpaired) electrons. The van der Waals surface area contributed by atoms with Gasteiger partial charge >= 0.3 is 0 Å². The quantitative estimate of drug-likeness (QED) is 0.122. The highest BCUT2D eigenvalue weighted by atomic mass is 16.7. The van der Waals surface area contributed by atoms with Gasteiger partial charge in [0.1, 0.15) is 13.3 Å². The maximum Gasteiger partial charge on any atom is 0.264 e. The number of rotatable bonds is 9. The van der Waals surface area contributed by atoms with E-state index in [1.165, 1.54) is 7.11 Å². The molecule has 10 heteroatoms. The first-order valence-corrected chi connectivity index (χ1v) is 6.62. The van der Waals surface area contributed by atoms with Crippen molar-refractivity contribution in [3.8, 4) is 0 Å².